The molecule has 0 aromatic carbocycles. The molecule has 0 aliphatic carbocycles. The van der Waals surface area contributed by atoms with Crippen LogP contribution >= 0.6 is 12.4 Å². The molecule has 5 heteroatoms. The van der Waals surface area contributed by atoms with Gasteiger partial charge in [0.05, 0.1) is 0 Å². The molecule has 0 radical (unpaired) electrons. The summed E-state index contributed by atoms with van der Waals surface area (Å²) in [4.78, 5) is 39.4. The van der Waals surface area contributed by atoms with Gasteiger partial charge in [-0.05, 0) is 19.3 Å². The second kappa shape index (κ2) is 25.9. The molecule has 36 heavy (non-hydrogen) atoms. The van der Waals surface area contributed by atoms with E-state index < -0.39 is 5.54 Å². The predicted octanol–water partition coefficient (Wildman–Crippen LogP) is 9.24. The minimum Gasteiger partial charge on any atom is -0.307 e. The molecule has 0 atom stereocenters. The lowest BCUT2D eigenvalue weighted by molar-refractivity contribution is -0.142. The molecule has 214 valence electrons. The summed E-state index contributed by atoms with van der Waals surface area (Å²) in [5.74, 6) is -1.02. The summed E-state index contributed by atoms with van der Waals surface area (Å²) in [7, 11) is 0. The molecular formula is C31H60ClNO3. The van der Waals surface area contributed by atoms with E-state index in [1.54, 1.807) is 0 Å². The minimum atomic E-state index is -1.91. The maximum absolute atomic E-state index is 13.1. The Bertz CT molecular complexity index is 476. The van der Waals surface area contributed by atoms with Crippen LogP contribution in [0.15, 0.2) is 0 Å². The maximum atomic E-state index is 13.1. The van der Waals surface area contributed by atoms with Crippen LogP contribution in [-0.2, 0) is 14.4 Å². The van der Waals surface area contributed by atoms with Gasteiger partial charge < -0.3 is 5.73 Å². The van der Waals surface area contributed by atoms with Crippen molar-refractivity contribution in [3.8, 4) is 0 Å². The molecule has 0 aromatic rings. The van der Waals surface area contributed by atoms with Crippen LogP contribution in [0.2, 0.25) is 0 Å². The largest absolute Gasteiger partial charge is 0.307 e. The van der Waals surface area contributed by atoms with Crippen LogP contribution in [0.25, 0.3) is 0 Å². The van der Waals surface area contributed by atoms with E-state index in [4.69, 9.17) is 5.73 Å². The number of unbranched alkanes of at least 4 members (excludes halogenated alkanes) is 18. The Morgan fingerprint density at radius 3 is 0.833 bits per heavy atom. The number of hydrogen-bond donors (Lipinski definition) is 1. The number of carbonyl (C=O) groups excluding carboxylic acids is 3. The quantitative estimate of drug-likeness (QED) is 0.0849. The Kier molecular flexibility index (Phi) is 26.9. The van der Waals surface area contributed by atoms with Crippen LogP contribution in [0, 0.1) is 0 Å². The first-order valence-electron chi connectivity index (χ1n) is 15.3. The zero-order valence-corrected chi connectivity index (χ0v) is 25.0. The Morgan fingerprint density at radius 2 is 0.611 bits per heavy atom. The lowest BCUT2D eigenvalue weighted by atomic mass is 9.79. The van der Waals surface area contributed by atoms with Crippen LogP contribution in [-0.4, -0.2) is 22.9 Å². The summed E-state index contributed by atoms with van der Waals surface area (Å²) in [6, 6.07) is 0. The van der Waals surface area contributed by atoms with Crippen molar-refractivity contribution < 1.29 is 14.4 Å². The average Bonchev–Trinajstić information content (AvgIpc) is 2.86. The summed E-state index contributed by atoms with van der Waals surface area (Å²) >= 11 is 0. The van der Waals surface area contributed by atoms with E-state index >= 15 is 0 Å². The number of carbonyl (C=O) groups is 3. The van der Waals surface area contributed by atoms with E-state index in [1.165, 1.54) is 77.0 Å². The monoisotopic (exact) mass is 529 g/mol. The smallest absolute Gasteiger partial charge is 0.193 e. The highest BCUT2D eigenvalue weighted by Gasteiger charge is 2.46. The van der Waals surface area contributed by atoms with Gasteiger partial charge in [-0.25, -0.2) is 0 Å². The molecule has 4 nitrogen and oxygen atoms in total. The molecule has 0 rings (SSSR count). The second-order valence-corrected chi connectivity index (χ2v) is 10.7. The van der Waals surface area contributed by atoms with E-state index in [2.05, 4.69) is 20.8 Å². The molecule has 0 aromatic heterocycles. The van der Waals surface area contributed by atoms with Crippen molar-refractivity contribution >= 4 is 29.8 Å². The molecule has 0 aliphatic heterocycles. The van der Waals surface area contributed by atoms with E-state index in [9.17, 15) is 14.4 Å². The predicted molar refractivity (Wildman–Crippen MR) is 157 cm³/mol. The minimum absolute atomic E-state index is 0. The van der Waals surface area contributed by atoms with Gasteiger partial charge in [0.1, 0.15) is 0 Å². The van der Waals surface area contributed by atoms with Crippen LogP contribution in [0.3, 0.4) is 0 Å². The van der Waals surface area contributed by atoms with E-state index in [1.807, 2.05) is 0 Å². The van der Waals surface area contributed by atoms with Crippen LogP contribution < -0.4 is 5.73 Å². The van der Waals surface area contributed by atoms with Gasteiger partial charge in [0.25, 0.3) is 0 Å². The van der Waals surface area contributed by atoms with Gasteiger partial charge >= 0.3 is 0 Å². The van der Waals surface area contributed by atoms with Crippen molar-refractivity contribution in [1.29, 1.82) is 0 Å². The molecule has 2 N–H and O–H groups in total. The van der Waals surface area contributed by atoms with Crippen molar-refractivity contribution in [3.63, 3.8) is 0 Å². The Hall–Kier alpha value is -0.740. The Balaban J connectivity index is 0. The summed E-state index contributed by atoms with van der Waals surface area (Å²) in [6.07, 6.45) is 23.8. The normalized spacial score (nSPS) is 11.3. The zero-order valence-electron chi connectivity index (χ0n) is 24.2. The third kappa shape index (κ3) is 17.7. The summed E-state index contributed by atoms with van der Waals surface area (Å²) < 4.78 is 0. The van der Waals surface area contributed by atoms with E-state index in [-0.39, 0.29) is 49.0 Å². The van der Waals surface area contributed by atoms with Crippen LogP contribution in [0.5, 0.6) is 0 Å². The van der Waals surface area contributed by atoms with Crippen molar-refractivity contribution in [1.82, 2.24) is 0 Å². The summed E-state index contributed by atoms with van der Waals surface area (Å²) in [5, 5.41) is 0. The van der Waals surface area contributed by atoms with Gasteiger partial charge in [-0.1, -0.05) is 136 Å². The molecule has 0 amide bonds. The lowest BCUT2D eigenvalue weighted by Gasteiger charge is -2.25. The fraction of sp³-hybridized carbons (Fsp3) is 0.903. The van der Waals surface area contributed by atoms with Crippen molar-refractivity contribution in [3.05, 3.63) is 0 Å². The van der Waals surface area contributed by atoms with Gasteiger partial charge in [0.15, 0.2) is 22.9 Å². The SMILES string of the molecule is CCCCCCCCCC(=O)C(N)(C(=O)CCCCCCCCC)C(=O)CCCCCCCCC.Cl. The Labute approximate surface area is 230 Å². The molecule has 0 bridgehead atoms. The number of halogens is 1. The van der Waals surface area contributed by atoms with Gasteiger partial charge in [-0.15, -0.1) is 12.4 Å². The van der Waals surface area contributed by atoms with Crippen molar-refractivity contribution in [2.24, 2.45) is 5.73 Å². The van der Waals surface area contributed by atoms with Gasteiger partial charge in [0, 0.05) is 19.3 Å². The number of rotatable bonds is 27. The van der Waals surface area contributed by atoms with Gasteiger partial charge in [-0.3, -0.25) is 14.4 Å². The molecule has 0 spiro atoms. The lowest BCUT2D eigenvalue weighted by Crippen LogP contribution is -2.61. The van der Waals surface area contributed by atoms with Crippen molar-refractivity contribution in [2.45, 2.75) is 180 Å². The topological polar surface area (TPSA) is 77.2 Å². The Morgan fingerprint density at radius 1 is 0.417 bits per heavy atom. The first-order valence-corrected chi connectivity index (χ1v) is 15.3. The first-order chi connectivity index (χ1) is 16.9. The highest BCUT2D eigenvalue weighted by atomic mass is 35.5. The van der Waals surface area contributed by atoms with E-state index in [0.717, 1.165) is 57.8 Å². The van der Waals surface area contributed by atoms with Gasteiger partial charge in [-0.2, -0.15) is 0 Å². The zero-order chi connectivity index (χ0) is 26.2. The maximum Gasteiger partial charge on any atom is 0.193 e. The molecular weight excluding hydrogens is 470 g/mol. The third-order valence-corrected chi connectivity index (χ3v) is 7.34. The average molecular weight is 530 g/mol. The fourth-order valence-electron chi connectivity index (χ4n) is 4.79. The number of hydrogen-bond acceptors (Lipinski definition) is 4. The first kappa shape index (κ1) is 37.4. The molecule has 0 saturated heterocycles. The van der Waals surface area contributed by atoms with Gasteiger partial charge in [0.2, 0.25) is 0 Å². The van der Waals surface area contributed by atoms with E-state index in [0.29, 0.717) is 0 Å². The number of nitrogens with two attached hydrogens (primary N) is 1. The highest BCUT2D eigenvalue weighted by molar-refractivity contribution is 6.29. The number of Topliss-reactive ketones (excluding diaryl/α,β-unsaturated/α-hetero) is 3. The molecule has 0 aliphatic rings. The highest BCUT2D eigenvalue weighted by Crippen LogP contribution is 2.21. The molecule has 0 fully saturated rings. The molecule has 0 saturated carbocycles. The second-order valence-electron chi connectivity index (χ2n) is 10.7. The third-order valence-electron chi connectivity index (χ3n) is 7.34. The molecule has 0 heterocycles. The standard InChI is InChI=1S/C31H59NO3.ClH/c1-4-7-10-13-16-19-22-25-28(33)31(32,29(34)26-23-20-17-14-11-8-5-2)30(35)27-24-21-18-15-12-9-6-3;/h4-27,32H2,1-3H3;1H. The summed E-state index contributed by atoms with van der Waals surface area (Å²) in [5.41, 5.74) is 4.51. The van der Waals surface area contributed by atoms with Crippen molar-refractivity contribution in [2.75, 3.05) is 0 Å². The fourth-order valence-corrected chi connectivity index (χ4v) is 4.79. The molecule has 0 unspecified atom stereocenters. The van der Waals surface area contributed by atoms with Crippen LogP contribution in [0.1, 0.15) is 175 Å². The summed E-state index contributed by atoms with van der Waals surface area (Å²) in [6.45, 7) is 6.60. The van der Waals surface area contributed by atoms with Crippen LogP contribution in [0.4, 0.5) is 0 Å². The number of ketones is 3.